The number of aromatic nitrogens is 2. The standard InChI is InChI=1S/C22H16FN3O2/c1-14-7-6-8-15(13-14)20-24-19-12-5-3-10-17(19)22(28)26(20)25-21(27)16-9-2-4-11-18(16)23/h2-13H,1H3,(H,25,27). The van der Waals surface area contributed by atoms with E-state index < -0.39 is 17.3 Å². The molecule has 0 aliphatic heterocycles. The lowest BCUT2D eigenvalue weighted by molar-refractivity contribution is 0.100. The zero-order chi connectivity index (χ0) is 19.7. The number of rotatable bonds is 3. The fourth-order valence-corrected chi connectivity index (χ4v) is 3.02. The lowest BCUT2D eigenvalue weighted by atomic mass is 10.1. The highest BCUT2D eigenvalue weighted by Gasteiger charge is 2.17. The van der Waals surface area contributed by atoms with Gasteiger partial charge >= 0.3 is 0 Å². The number of carbonyl (C=O) groups excluding carboxylic acids is 1. The van der Waals surface area contributed by atoms with Crippen LogP contribution >= 0.6 is 0 Å². The average Bonchev–Trinajstić information content (AvgIpc) is 2.70. The average molecular weight is 373 g/mol. The number of amides is 1. The third-order valence-corrected chi connectivity index (χ3v) is 4.38. The number of carbonyl (C=O) groups is 1. The quantitative estimate of drug-likeness (QED) is 0.592. The summed E-state index contributed by atoms with van der Waals surface area (Å²) in [4.78, 5) is 30.3. The normalized spacial score (nSPS) is 10.8. The predicted octanol–water partition coefficient (Wildman–Crippen LogP) is 3.89. The van der Waals surface area contributed by atoms with Crippen LogP contribution in [0.2, 0.25) is 0 Å². The van der Waals surface area contributed by atoms with Crippen LogP contribution in [0.4, 0.5) is 4.39 Å². The first-order chi connectivity index (χ1) is 13.5. The van der Waals surface area contributed by atoms with Crippen LogP contribution < -0.4 is 11.0 Å². The van der Waals surface area contributed by atoms with Gasteiger partial charge < -0.3 is 0 Å². The van der Waals surface area contributed by atoms with Crippen molar-refractivity contribution in [3.05, 3.63) is 100 Å². The van der Waals surface area contributed by atoms with Crippen molar-refractivity contribution in [3.8, 4) is 11.4 Å². The molecule has 0 radical (unpaired) electrons. The molecule has 0 aliphatic rings. The highest BCUT2D eigenvalue weighted by molar-refractivity contribution is 6.00. The highest BCUT2D eigenvalue weighted by atomic mass is 19.1. The Hall–Kier alpha value is -3.80. The van der Waals surface area contributed by atoms with Gasteiger partial charge in [0.15, 0.2) is 5.82 Å². The SMILES string of the molecule is Cc1cccc(-c2nc3ccccc3c(=O)n2NC(=O)c2ccccc2F)c1. The van der Waals surface area contributed by atoms with Crippen molar-refractivity contribution in [1.29, 1.82) is 0 Å². The van der Waals surface area contributed by atoms with Crippen LogP contribution in [0.25, 0.3) is 22.3 Å². The van der Waals surface area contributed by atoms with Gasteiger partial charge in [-0.1, -0.05) is 48.0 Å². The molecular formula is C22H16FN3O2. The molecule has 0 bridgehead atoms. The van der Waals surface area contributed by atoms with E-state index in [0.29, 0.717) is 16.5 Å². The van der Waals surface area contributed by atoms with Crippen molar-refractivity contribution in [2.45, 2.75) is 6.92 Å². The van der Waals surface area contributed by atoms with E-state index in [9.17, 15) is 14.0 Å². The van der Waals surface area contributed by atoms with Crippen molar-refractivity contribution in [1.82, 2.24) is 9.66 Å². The molecule has 1 N–H and O–H groups in total. The minimum absolute atomic E-state index is 0.155. The molecule has 5 nitrogen and oxygen atoms in total. The molecule has 4 aromatic rings. The molecule has 1 heterocycles. The zero-order valence-electron chi connectivity index (χ0n) is 15.0. The Kier molecular flexibility index (Phi) is 4.45. The van der Waals surface area contributed by atoms with E-state index in [2.05, 4.69) is 10.4 Å². The number of nitrogens with one attached hydrogen (secondary N) is 1. The van der Waals surface area contributed by atoms with E-state index in [1.54, 1.807) is 36.4 Å². The Bertz CT molecular complexity index is 1260. The van der Waals surface area contributed by atoms with Gasteiger partial charge in [0, 0.05) is 5.56 Å². The van der Waals surface area contributed by atoms with Crippen molar-refractivity contribution in [3.63, 3.8) is 0 Å². The highest BCUT2D eigenvalue weighted by Crippen LogP contribution is 2.19. The van der Waals surface area contributed by atoms with Crippen molar-refractivity contribution in [2.75, 3.05) is 5.43 Å². The number of hydrogen-bond acceptors (Lipinski definition) is 3. The van der Waals surface area contributed by atoms with E-state index in [-0.39, 0.29) is 11.4 Å². The molecule has 6 heteroatoms. The van der Waals surface area contributed by atoms with Crippen molar-refractivity contribution < 1.29 is 9.18 Å². The first kappa shape index (κ1) is 17.6. The minimum Gasteiger partial charge on any atom is -0.267 e. The van der Waals surface area contributed by atoms with Crippen LogP contribution in [0.1, 0.15) is 15.9 Å². The maximum Gasteiger partial charge on any atom is 0.280 e. The summed E-state index contributed by atoms with van der Waals surface area (Å²) in [7, 11) is 0. The molecule has 138 valence electrons. The summed E-state index contributed by atoms with van der Waals surface area (Å²) in [6.07, 6.45) is 0. The summed E-state index contributed by atoms with van der Waals surface area (Å²) >= 11 is 0. The van der Waals surface area contributed by atoms with Crippen LogP contribution in [-0.2, 0) is 0 Å². The topological polar surface area (TPSA) is 64.0 Å². The second-order valence-corrected chi connectivity index (χ2v) is 6.38. The van der Waals surface area contributed by atoms with Gasteiger partial charge in [-0.05, 0) is 37.3 Å². The first-order valence-electron chi connectivity index (χ1n) is 8.69. The second-order valence-electron chi connectivity index (χ2n) is 6.38. The monoisotopic (exact) mass is 373 g/mol. The van der Waals surface area contributed by atoms with Crippen LogP contribution in [0.5, 0.6) is 0 Å². The fourth-order valence-electron chi connectivity index (χ4n) is 3.02. The summed E-state index contributed by atoms with van der Waals surface area (Å²) in [5.41, 5.74) is 4.07. The Morgan fingerprint density at radius 2 is 1.75 bits per heavy atom. The molecule has 1 aromatic heterocycles. The lowest BCUT2D eigenvalue weighted by Crippen LogP contribution is -2.35. The molecule has 1 amide bonds. The van der Waals surface area contributed by atoms with Gasteiger partial charge in [0.1, 0.15) is 5.82 Å². The summed E-state index contributed by atoms with van der Waals surface area (Å²) in [6.45, 7) is 1.92. The van der Waals surface area contributed by atoms with E-state index in [1.165, 1.54) is 18.2 Å². The molecule has 0 saturated carbocycles. The third-order valence-electron chi connectivity index (χ3n) is 4.38. The number of hydrogen-bond donors (Lipinski definition) is 1. The Labute approximate surface area is 160 Å². The van der Waals surface area contributed by atoms with Gasteiger partial charge in [-0.2, -0.15) is 4.68 Å². The predicted molar refractivity (Wildman–Crippen MR) is 106 cm³/mol. The maximum atomic E-state index is 14.0. The number of aryl methyl sites for hydroxylation is 1. The molecule has 0 fully saturated rings. The zero-order valence-corrected chi connectivity index (χ0v) is 15.0. The molecule has 28 heavy (non-hydrogen) atoms. The maximum absolute atomic E-state index is 14.0. The summed E-state index contributed by atoms with van der Waals surface area (Å²) in [5, 5.41) is 0.354. The third kappa shape index (κ3) is 3.16. The molecule has 4 rings (SSSR count). The Morgan fingerprint density at radius 3 is 2.54 bits per heavy atom. The van der Waals surface area contributed by atoms with Gasteiger partial charge in [0.2, 0.25) is 0 Å². The molecule has 0 saturated heterocycles. The summed E-state index contributed by atoms with van der Waals surface area (Å²) in [6, 6.07) is 19.9. The van der Waals surface area contributed by atoms with Gasteiger partial charge in [-0.25, -0.2) is 9.37 Å². The fraction of sp³-hybridized carbons (Fsp3) is 0.0455. The van der Waals surface area contributed by atoms with E-state index in [1.807, 2.05) is 25.1 Å². The number of para-hydroxylation sites is 1. The smallest absolute Gasteiger partial charge is 0.267 e. The number of benzene rings is 3. The van der Waals surface area contributed by atoms with E-state index >= 15 is 0 Å². The van der Waals surface area contributed by atoms with Gasteiger partial charge in [0.05, 0.1) is 16.5 Å². The van der Waals surface area contributed by atoms with E-state index in [0.717, 1.165) is 10.2 Å². The molecule has 0 atom stereocenters. The Morgan fingerprint density at radius 1 is 1.00 bits per heavy atom. The van der Waals surface area contributed by atoms with Gasteiger partial charge in [0.25, 0.3) is 11.5 Å². The summed E-state index contributed by atoms with van der Waals surface area (Å²) in [5.74, 6) is -1.12. The van der Waals surface area contributed by atoms with Crippen LogP contribution in [0.15, 0.2) is 77.6 Å². The van der Waals surface area contributed by atoms with Crippen LogP contribution in [0.3, 0.4) is 0 Å². The van der Waals surface area contributed by atoms with Crippen LogP contribution in [-0.4, -0.2) is 15.6 Å². The number of fused-ring (bicyclic) bond motifs is 1. The molecule has 3 aromatic carbocycles. The Balaban J connectivity index is 1.92. The number of nitrogens with zero attached hydrogens (tertiary/aromatic N) is 2. The molecule has 0 aliphatic carbocycles. The van der Waals surface area contributed by atoms with E-state index in [4.69, 9.17) is 0 Å². The summed E-state index contributed by atoms with van der Waals surface area (Å²) < 4.78 is 15.1. The first-order valence-corrected chi connectivity index (χ1v) is 8.69. The molecular weight excluding hydrogens is 357 g/mol. The van der Waals surface area contributed by atoms with Gasteiger partial charge in [-0.3, -0.25) is 15.0 Å². The lowest BCUT2D eigenvalue weighted by Gasteiger charge is -2.15. The number of halogens is 1. The van der Waals surface area contributed by atoms with Crippen molar-refractivity contribution >= 4 is 16.8 Å². The largest absolute Gasteiger partial charge is 0.280 e. The minimum atomic E-state index is -0.730. The second kappa shape index (κ2) is 7.08. The van der Waals surface area contributed by atoms with Gasteiger partial charge in [-0.15, -0.1) is 0 Å². The molecule has 0 spiro atoms. The van der Waals surface area contributed by atoms with Crippen LogP contribution in [0, 0.1) is 12.7 Å². The molecule has 0 unspecified atom stereocenters. The van der Waals surface area contributed by atoms with Crippen molar-refractivity contribution in [2.24, 2.45) is 0 Å².